The maximum atomic E-state index is 13.4. The van der Waals surface area contributed by atoms with E-state index in [0.717, 1.165) is 31.7 Å². The van der Waals surface area contributed by atoms with E-state index in [9.17, 15) is 4.39 Å². The minimum Gasteiger partial charge on any atom is -0.494 e. The van der Waals surface area contributed by atoms with E-state index in [1.165, 1.54) is 13.2 Å². The van der Waals surface area contributed by atoms with Crippen LogP contribution in [0.1, 0.15) is 18.0 Å². The van der Waals surface area contributed by atoms with Gasteiger partial charge < -0.3 is 10.1 Å². The number of piperazine rings is 1. The molecule has 1 aromatic carbocycles. The third kappa shape index (κ3) is 3.22. The Morgan fingerprint density at radius 3 is 2.84 bits per heavy atom. The van der Waals surface area contributed by atoms with E-state index in [1.807, 2.05) is 0 Å². The van der Waals surface area contributed by atoms with Crippen LogP contribution < -0.4 is 10.1 Å². The Bertz CT molecular complexity index is 466. The summed E-state index contributed by atoms with van der Waals surface area (Å²) in [6, 6.07) is 7.06. The summed E-state index contributed by atoms with van der Waals surface area (Å²) in [6.45, 7) is 3.62. The van der Waals surface area contributed by atoms with Crippen LogP contribution in [0, 0.1) is 17.1 Å². The van der Waals surface area contributed by atoms with Crippen LogP contribution in [-0.2, 0) is 0 Å². The zero-order chi connectivity index (χ0) is 13.7. The Kier molecular flexibility index (Phi) is 4.72. The Labute approximate surface area is 112 Å². The number of hydrogen-bond acceptors (Lipinski definition) is 4. The normalized spacial score (nSPS) is 17.7. The Morgan fingerprint density at radius 2 is 2.21 bits per heavy atom. The molecular weight excluding hydrogens is 245 g/mol. The van der Waals surface area contributed by atoms with E-state index in [4.69, 9.17) is 10.00 Å². The lowest BCUT2D eigenvalue weighted by molar-refractivity contribution is 0.175. The molecule has 1 aliphatic heterocycles. The quantitative estimate of drug-likeness (QED) is 0.898. The molecule has 1 heterocycles. The second-order valence-corrected chi connectivity index (χ2v) is 4.56. The molecule has 0 aliphatic carbocycles. The van der Waals surface area contributed by atoms with Crippen LogP contribution in [0.5, 0.6) is 5.75 Å². The highest BCUT2D eigenvalue weighted by Crippen LogP contribution is 2.28. The second-order valence-electron chi connectivity index (χ2n) is 4.56. The highest BCUT2D eigenvalue weighted by molar-refractivity contribution is 5.32. The van der Waals surface area contributed by atoms with Crippen molar-refractivity contribution in [2.24, 2.45) is 0 Å². The first-order chi connectivity index (χ1) is 9.26. The number of hydrogen-bond donors (Lipinski definition) is 1. The van der Waals surface area contributed by atoms with Crippen LogP contribution in [0.4, 0.5) is 4.39 Å². The fourth-order valence-corrected chi connectivity index (χ4v) is 2.42. The maximum absolute atomic E-state index is 13.4. The van der Waals surface area contributed by atoms with E-state index in [1.54, 1.807) is 12.1 Å². The minimum absolute atomic E-state index is 0.00148. The Balaban J connectivity index is 2.25. The van der Waals surface area contributed by atoms with Gasteiger partial charge in [0.05, 0.1) is 19.6 Å². The maximum Gasteiger partial charge on any atom is 0.165 e. The summed E-state index contributed by atoms with van der Waals surface area (Å²) in [5, 5.41) is 12.3. The van der Waals surface area contributed by atoms with Crippen molar-refractivity contribution < 1.29 is 9.13 Å². The van der Waals surface area contributed by atoms with Gasteiger partial charge in [-0.3, -0.25) is 4.90 Å². The summed E-state index contributed by atoms with van der Waals surface area (Å²) in [7, 11) is 1.45. The molecule has 1 N–H and O–H groups in total. The average molecular weight is 263 g/mol. The van der Waals surface area contributed by atoms with E-state index in [0.29, 0.717) is 6.42 Å². The molecular formula is C14H18FN3O. The molecule has 0 unspecified atom stereocenters. The van der Waals surface area contributed by atoms with Gasteiger partial charge in [-0.15, -0.1) is 0 Å². The number of nitriles is 1. The lowest BCUT2D eigenvalue weighted by Gasteiger charge is -2.34. The highest BCUT2D eigenvalue weighted by Gasteiger charge is 2.22. The van der Waals surface area contributed by atoms with E-state index in [2.05, 4.69) is 16.3 Å². The smallest absolute Gasteiger partial charge is 0.165 e. The van der Waals surface area contributed by atoms with Crippen LogP contribution in [-0.4, -0.2) is 38.2 Å². The molecule has 0 radical (unpaired) electrons. The van der Waals surface area contributed by atoms with Crippen LogP contribution in [0.2, 0.25) is 0 Å². The molecule has 0 spiro atoms. The number of nitrogens with one attached hydrogen (secondary N) is 1. The summed E-state index contributed by atoms with van der Waals surface area (Å²) in [6.07, 6.45) is 0.398. The molecule has 1 atom stereocenters. The first kappa shape index (κ1) is 13.8. The number of halogens is 1. The van der Waals surface area contributed by atoms with Gasteiger partial charge in [0.25, 0.3) is 0 Å². The summed E-state index contributed by atoms with van der Waals surface area (Å²) in [5.41, 5.74) is 0.932. The van der Waals surface area contributed by atoms with Gasteiger partial charge in [-0.2, -0.15) is 5.26 Å². The van der Waals surface area contributed by atoms with Gasteiger partial charge in [0, 0.05) is 32.2 Å². The average Bonchev–Trinajstić information content (AvgIpc) is 2.46. The molecule has 1 aromatic rings. The van der Waals surface area contributed by atoms with Gasteiger partial charge in [-0.05, 0) is 17.7 Å². The lowest BCUT2D eigenvalue weighted by atomic mass is 10.0. The molecule has 5 heteroatoms. The van der Waals surface area contributed by atoms with E-state index >= 15 is 0 Å². The summed E-state index contributed by atoms with van der Waals surface area (Å²) < 4.78 is 18.5. The number of rotatable bonds is 4. The van der Waals surface area contributed by atoms with Gasteiger partial charge in [0.1, 0.15) is 0 Å². The second kappa shape index (κ2) is 6.50. The van der Waals surface area contributed by atoms with E-state index < -0.39 is 0 Å². The minimum atomic E-state index is -0.373. The molecule has 102 valence electrons. The summed E-state index contributed by atoms with van der Waals surface area (Å²) in [4.78, 5) is 2.26. The predicted molar refractivity (Wildman–Crippen MR) is 70.4 cm³/mol. The molecule has 0 saturated carbocycles. The van der Waals surface area contributed by atoms with Crippen molar-refractivity contribution in [1.82, 2.24) is 10.2 Å². The van der Waals surface area contributed by atoms with Crippen LogP contribution >= 0.6 is 0 Å². The van der Waals surface area contributed by atoms with Gasteiger partial charge >= 0.3 is 0 Å². The molecule has 1 fully saturated rings. The summed E-state index contributed by atoms with van der Waals surface area (Å²) >= 11 is 0. The molecule has 0 amide bonds. The topological polar surface area (TPSA) is 48.3 Å². The fraction of sp³-hybridized carbons (Fsp3) is 0.500. The van der Waals surface area contributed by atoms with Crippen molar-refractivity contribution in [2.45, 2.75) is 12.5 Å². The monoisotopic (exact) mass is 263 g/mol. The first-order valence-electron chi connectivity index (χ1n) is 6.41. The third-order valence-electron chi connectivity index (χ3n) is 3.44. The fourth-order valence-electron chi connectivity index (χ4n) is 2.42. The number of benzene rings is 1. The van der Waals surface area contributed by atoms with Gasteiger partial charge in [-0.25, -0.2) is 4.39 Å². The Morgan fingerprint density at radius 1 is 1.47 bits per heavy atom. The zero-order valence-electron chi connectivity index (χ0n) is 11.0. The van der Waals surface area contributed by atoms with E-state index in [-0.39, 0.29) is 17.6 Å². The molecule has 1 aliphatic rings. The van der Waals surface area contributed by atoms with Gasteiger partial charge in [0.15, 0.2) is 11.6 Å². The van der Waals surface area contributed by atoms with Gasteiger partial charge in [-0.1, -0.05) is 6.07 Å². The molecule has 0 aromatic heterocycles. The van der Waals surface area contributed by atoms with Crippen LogP contribution in [0.3, 0.4) is 0 Å². The molecule has 19 heavy (non-hydrogen) atoms. The Hall–Kier alpha value is -1.64. The number of nitrogens with zero attached hydrogens (tertiary/aromatic N) is 2. The SMILES string of the molecule is COc1cc([C@@H](CC#N)N2CCNCC2)ccc1F. The van der Waals surface area contributed by atoms with Gasteiger partial charge in [0.2, 0.25) is 0 Å². The predicted octanol–water partition coefficient (Wildman–Crippen LogP) is 1.69. The third-order valence-corrected chi connectivity index (χ3v) is 3.44. The summed E-state index contributed by atoms with van der Waals surface area (Å²) in [5.74, 6) is -0.141. The standard InChI is InChI=1S/C14H18FN3O/c1-19-14-10-11(2-3-12(14)15)13(4-5-16)18-8-6-17-7-9-18/h2-3,10,13,17H,4,6-9H2,1H3/t13-/m1/s1. The van der Waals surface area contributed by atoms with Crippen molar-refractivity contribution in [3.05, 3.63) is 29.6 Å². The highest BCUT2D eigenvalue weighted by atomic mass is 19.1. The van der Waals surface area contributed by atoms with Crippen molar-refractivity contribution in [1.29, 1.82) is 5.26 Å². The largest absolute Gasteiger partial charge is 0.494 e. The van der Waals surface area contributed by atoms with Crippen molar-refractivity contribution in [2.75, 3.05) is 33.3 Å². The lowest BCUT2D eigenvalue weighted by Crippen LogP contribution is -2.45. The van der Waals surface area contributed by atoms with Crippen molar-refractivity contribution in [3.8, 4) is 11.8 Å². The van der Waals surface area contributed by atoms with Crippen molar-refractivity contribution in [3.63, 3.8) is 0 Å². The molecule has 0 bridgehead atoms. The zero-order valence-corrected chi connectivity index (χ0v) is 11.0. The first-order valence-corrected chi connectivity index (χ1v) is 6.41. The molecule has 4 nitrogen and oxygen atoms in total. The van der Waals surface area contributed by atoms with Crippen molar-refractivity contribution >= 4 is 0 Å². The van der Waals surface area contributed by atoms with Crippen LogP contribution in [0.25, 0.3) is 0 Å². The molecule has 1 saturated heterocycles. The number of ether oxygens (including phenoxy) is 1. The number of methoxy groups -OCH3 is 1. The van der Waals surface area contributed by atoms with Crippen LogP contribution in [0.15, 0.2) is 18.2 Å². The molecule has 2 rings (SSSR count).